The normalized spacial score (nSPS) is 10.9. The smallest absolute Gasteiger partial charge is 0.384 e. The predicted molar refractivity (Wildman–Crippen MR) is 61.1 cm³/mol. The maximum absolute atomic E-state index is 12.6. The summed E-state index contributed by atoms with van der Waals surface area (Å²) in [6, 6.07) is 3.97. The molecular formula is C11H9BrF3N. The summed E-state index contributed by atoms with van der Waals surface area (Å²) in [5.41, 5.74) is -0.648. The minimum atomic E-state index is -4.37. The summed E-state index contributed by atoms with van der Waals surface area (Å²) in [7, 11) is 0. The van der Waals surface area contributed by atoms with E-state index >= 15 is 0 Å². The van der Waals surface area contributed by atoms with Crippen LogP contribution in [0, 0.1) is 12.3 Å². The molecule has 1 rings (SSSR count). The number of alkyl halides is 3. The van der Waals surface area contributed by atoms with E-state index in [2.05, 4.69) is 27.2 Å². The van der Waals surface area contributed by atoms with E-state index in [1.807, 2.05) is 0 Å². The molecule has 0 aromatic heterocycles. The average Bonchev–Trinajstić information content (AvgIpc) is 2.19. The summed E-state index contributed by atoms with van der Waals surface area (Å²) >= 11 is 3.01. The first kappa shape index (κ1) is 12.9. The van der Waals surface area contributed by atoms with Gasteiger partial charge in [0, 0.05) is 23.1 Å². The molecule has 0 fully saturated rings. The van der Waals surface area contributed by atoms with E-state index in [0.29, 0.717) is 17.4 Å². The highest BCUT2D eigenvalue weighted by atomic mass is 79.9. The van der Waals surface area contributed by atoms with Gasteiger partial charge in [0.2, 0.25) is 0 Å². The summed E-state index contributed by atoms with van der Waals surface area (Å²) in [6.45, 7) is 0.321. The van der Waals surface area contributed by atoms with Gasteiger partial charge in [-0.3, -0.25) is 0 Å². The van der Waals surface area contributed by atoms with Crippen LogP contribution in [0.1, 0.15) is 12.0 Å². The Labute approximate surface area is 100 Å². The van der Waals surface area contributed by atoms with Crippen molar-refractivity contribution < 1.29 is 13.2 Å². The largest absolute Gasteiger partial charge is 0.418 e. The van der Waals surface area contributed by atoms with Crippen LogP contribution < -0.4 is 5.32 Å². The number of anilines is 1. The van der Waals surface area contributed by atoms with Crippen molar-refractivity contribution in [3.05, 3.63) is 28.2 Å². The molecule has 0 spiro atoms. The summed E-state index contributed by atoms with van der Waals surface area (Å²) in [6.07, 6.45) is 1.03. The fourth-order valence-electron chi connectivity index (χ4n) is 1.17. The third-order valence-electron chi connectivity index (χ3n) is 1.87. The lowest BCUT2D eigenvalue weighted by Crippen LogP contribution is -2.11. The molecule has 1 aromatic carbocycles. The Morgan fingerprint density at radius 1 is 1.38 bits per heavy atom. The number of benzene rings is 1. The van der Waals surface area contributed by atoms with Gasteiger partial charge in [0.1, 0.15) is 0 Å². The summed E-state index contributed by atoms with van der Waals surface area (Å²) < 4.78 is 38.3. The third-order valence-corrected chi connectivity index (χ3v) is 2.37. The highest BCUT2D eigenvalue weighted by Gasteiger charge is 2.33. The molecule has 0 aliphatic rings. The Kier molecular flexibility index (Phi) is 4.25. The predicted octanol–water partition coefficient (Wildman–Crippen LogP) is 3.90. The fourth-order valence-corrected chi connectivity index (χ4v) is 1.54. The van der Waals surface area contributed by atoms with Crippen molar-refractivity contribution in [2.24, 2.45) is 0 Å². The van der Waals surface area contributed by atoms with E-state index in [9.17, 15) is 13.2 Å². The lowest BCUT2D eigenvalue weighted by Gasteiger charge is -2.14. The second kappa shape index (κ2) is 5.26. The van der Waals surface area contributed by atoms with E-state index in [-0.39, 0.29) is 5.69 Å². The Balaban J connectivity index is 2.95. The summed E-state index contributed by atoms with van der Waals surface area (Å²) in [5, 5.41) is 2.66. The van der Waals surface area contributed by atoms with Crippen molar-refractivity contribution in [2.75, 3.05) is 11.9 Å². The number of halogens is 4. The molecule has 0 radical (unpaired) electrons. The molecule has 0 heterocycles. The van der Waals surface area contributed by atoms with Crippen LogP contribution in [0.15, 0.2) is 22.7 Å². The van der Waals surface area contributed by atoms with Crippen molar-refractivity contribution in [1.82, 2.24) is 0 Å². The molecule has 0 aliphatic carbocycles. The van der Waals surface area contributed by atoms with Gasteiger partial charge >= 0.3 is 6.18 Å². The summed E-state index contributed by atoms with van der Waals surface area (Å²) in [4.78, 5) is 0. The molecule has 0 saturated heterocycles. The minimum absolute atomic E-state index is 0.0472. The number of nitrogens with one attached hydrogen (secondary N) is 1. The molecule has 0 amide bonds. The zero-order valence-electron chi connectivity index (χ0n) is 8.24. The number of terminal acetylenes is 1. The zero-order valence-corrected chi connectivity index (χ0v) is 9.82. The maximum atomic E-state index is 12.6. The highest BCUT2D eigenvalue weighted by molar-refractivity contribution is 9.10. The lowest BCUT2D eigenvalue weighted by molar-refractivity contribution is -0.137. The van der Waals surface area contributed by atoms with Gasteiger partial charge in [-0.2, -0.15) is 13.2 Å². The molecule has 1 nitrogen and oxygen atoms in total. The van der Waals surface area contributed by atoms with Crippen molar-refractivity contribution in [1.29, 1.82) is 0 Å². The number of hydrogen-bond donors (Lipinski definition) is 1. The number of hydrogen-bond acceptors (Lipinski definition) is 1. The Morgan fingerprint density at radius 2 is 2.06 bits per heavy atom. The van der Waals surface area contributed by atoms with Crippen molar-refractivity contribution in [3.63, 3.8) is 0 Å². The van der Waals surface area contributed by atoms with Crippen LogP contribution in [-0.2, 0) is 6.18 Å². The Hall–Kier alpha value is -1.15. The molecule has 86 valence electrons. The SMILES string of the molecule is C#CCCNc1ccc(Br)cc1C(F)(F)F. The van der Waals surface area contributed by atoms with E-state index in [1.165, 1.54) is 6.07 Å². The van der Waals surface area contributed by atoms with Crippen molar-refractivity contribution in [3.8, 4) is 12.3 Å². The van der Waals surface area contributed by atoms with Crippen LogP contribution in [0.25, 0.3) is 0 Å². The van der Waals surface area contributed by atoms with Gasteiger partial charge in [-0.15, -0.1) is 12.3 Å². The van der Waals surface area contributed by atoms with Crippen LogP contribution in [0.4, 0.5) is 18.9 Å². The van der Waals surface area contributed by atoms with E-state index in [4.69, 9.17) is 6.42 Å². The quantitative estimate of drug-likeness (QED) is 0.658. The number of rotatable bonds is 3. The standard InChI is InChI=1S/C11H9BrF3N/c1-2-3-6-16-10-5-4-8(12)7-9(10)11(13,14)15/h1,4-5,7,16H,3,6H2. The van der Waals surface area contributed by atoms with Crippen LogP contribution in [0.5, 0.6) is 0 Å². The summed E-state index contributed by atoms with van der Waals surface area (Å²) in [5.74, 6) is 2.35. The van der Waals surface area contributed by atoms with Crippen LogP contribution in [0.3, 0.4) is 0 Å². The minimum Gasteiger partial charge on any atom is -0.384 e. The second-order valence-electron chi connectivity index (χ2n) is 3.07. The molecule has 0 atom stereocenters. The molecule has 0 unspecified atom stereocenters. The van der Waals surface area contributed by atoms with E-state index in [0.717, 1.165) is 6.07 Å². The van der Waals surface area contributed by atoms with Crippen LogP contribution >= 0.6 is 15.9 Å². The second-order valence-corrected chi connectivity index (χ2v) is 3.98. The van der Waals surface area contributed by atoms with E-state index in [1.54, 1.807) is 6.07 Å². The van der Waals surface area contributed by atoms with Gasteiger partial charge < -0.3 is 5.32 Å². The fraction of sp³-hybridized carbons (Fsp3) is 0.273. The zero-order chi connectivity index (χ0) is 12.2. The van der Waals surface area contributed by atoms with Gasteiger partial charge in [0.05, 0.1) is 5.56 Å². The molecule has 5 heteroatoms. The lowest BCUT2D eigenvalue weighted by atomic mass is 10.1. The first-order valence-electron chi connectivity index (χ1n) is 4.49. The van der Waals surface area contributed by atoms with Crippen molar-refractivity contribution in [2.45, 2.75) is 12.6 Å². The highest BCUT2D eigenvalue weighted by Crippen LogP contribution is 2.36. The van der Waals surface area contributed by atoms with Gasteiger partial charge in [0.15, 0.2) is 0 Å². The molecule has 0 bridgehead atoms. The molecule has 0 saturated carbocycles. The van der Waals surface area contributed by atoms with Gasteiger partial charge in [-0.25, -0.2) is 0 Å². The van der Waals surface area contributed by atoms with Crippen molar-refractivity contribution >= 4 is 21.6 Å². The van der Waals surface area contributed by atoms with E-state index < -0.39 is 11.7 Å². The Morgan fingerprint density at radius 3 is 2.62 bits per heavy atom. The first-order chi connectivity index (χ1) is 7.45. The van der Waals surface area contributed by atoms with Gasteiger partial charge in [-0.1, -0.05) is 15.9 Å². The molecule has 0 aliphatic heterocycles. The monoisotopic (exact) mass is 291 g/mol. The Bertz CT molecular complexity index is 407. The molecule has 16 heavy (non-hydrogen) atoms. The van der Waals surface area contributed by atoms with Crippen LogP contribution in [0.2, 0.25) is 0 Å². The third kappa shape index (κ3) is 3.46. The molecule has 1 aromatic rings. The average molecular weight is 292 g/mol. The molecular weight excluding hydrogens is 283 g/mol. The topological polar surface area (TPSA) is 12.0 Å². The molecule has 1 N–H and O–H groups in total. The maximum Gasteiger partial charge on any atom is 0.418 e. The first-order valence-corrected chi connectivity index (χ1v) is 5.28. The van der Waals surface area contributed by atoms with Crippen LogP contribution in [-0.4, -0.2) is 6.54 Å². The van der Waals surface area contributed by atoms with Gasteiger partial charge in [-0.05, 0) is 18.2 Å². The van der Waals surface area contributed by atoms with Gasteiger partial charge in [0.25, 0.3) is 0 Å².